The van der Waals surface area contributed by atoms with Crippen molar-refractivity contribution in [3.8, 4) is 0 Å². The summed E-state index contributed by atoms with van der Waals surface area (Å²) in [6.45, 7) is 0.355. The molecule has 0 bridgehead atoms. The first-order valence-corrected chi connectivity index (χ1v) is 5.47. The summed E-state index contributed by atoms with van der Waals surface area (Å²) < 4.78 is 0. The van der Waals surface area contributed by atoms with E-state index in [-0.39, 0.29) is 5.56 Å². The lowest BCUT2D eigenvalue weighted by Crippen LogP contribution is -2.28. The van der Waals surface area contributed by atoms with Crippen LogP contribution in [0.2, 0.25) is 0 Å². The summed E-state index contributed by atoms with van der Waals surface area (Å²) in [4.78, 5) is 25.6. The van der Waals surface area contributed by atoms with Gasteiger partial charge in [-0.25, -0.2) is 0 Å². The lowest BCUT2D eigenvalue weighted by atomic mass is 10.2. The minimum atomic E-state index is -0.396. The Labute approximate surface area is 104 Å². The molecule has 0 saturated heterocycles. The van der Waals surface area contributed by atoms with Gasteiger partial charge in [0.2, 0.25) is 0 Å². The van der Waals surface area contributed by atoms with Crippen LogP contribution in [0.25, 0.3) is 0 Å². The van der Waals surface area contributed by atoms with Crippen LogP contribution in [-0.2, 0) is 6.54 Å². The molecule has 18 heavy (non-hydrogen) atoms. The molecule has 1 aromatic carbocycles. The van der Waals surface area contributed by atoms with Crippen molar-refractivity contribution in [3.05, 3.63) is 64.1 Å². The molecule has 5 heteroatoms. The number of hydrogen-bond donors (Lipinski definition) is 3. The van der Waals surface area contributed by atoms with E-state index in [1.807, 2.05) is 12.1 Å². The highest BCUT2D eigenvalue weighted by Gasteiger charge is 2.08. The zero-order valence-corrected chi connectivity index (χ0v) is 9.64. The molecule has 0 fully saturated rings. The van der Waals surface area contributed by atoms with Gasteiger partial charge in [-0.2, -0.15) is 0 Å². The highest BCUT2D eigenvalue weighted by molar-refractivity contribution is 5.93. The van der Waals surface area contributed by atoms with E-state index < -0.39 is 11.5 Å². The molecule has 1 amide bonds. The SMILES string of the molecule is Nc1ccc(CNC(=O)c2ccc[nH]c2=O)cc1. The number of hydrogen-bond acceptors (Lipinski definition) is 3. The fourth-order valence-electron chi connectivity index (χ4n) is 1.51. The van der Waals surface area contributed by atoms with E-state index >= 15 is 0 Å². The van der Waals surface area contributed by atoms with Crippen LogP contribution >= 0.6 is 0 Å². The standard InChI is InChI=1S/C13H13N3O2/c14-10-5-3-9(4-6-10)8-16-13(18)11-2-1-7-15-12(11)17/h1-7H,8,14H2,(H,15,17)(H,16,18). The number of aromatic amines is 1. The Morgan fingerprint density at radius 2 is 1.94 bits per heavy atom. The van der Waals surface area contributed by atoms with Gasteiger partial charge in [0.1, 0.15) is 5.56 Å². The van der Waals surface area contributed by atoms with E-state index in [4.69, 9.17) is 5.73 Å². The van der Waals surface area contributed by atoms with Crippen molar-refractivity contribution in [3.63, 3.8) is 0 Å². The molecule has 0 radical (unpaired) electrons. The molecule has 0 aliphatic carbocycles. The van der Waals surface area contributed by atoms with Crippen molar-refractivity contribution < 1.29 is 4.79 Å². The van der Waals surface area contributed by atoms with Gasteiger partial charge in [-0.15, -0.1) is 0 Å². The number of pyridine rings is 1. The van der Waals surface area contributed by atoms with Crippen LogP contribution in [0.5, 0.6) is 0 Å². The molecule has 2 aromatic rings. The van der Waals surface area contributed by atoms with Crippen LogP contribution < -0.4 is 16.6 Å². The molecule has 92 valence electrons. The van der Waals surface area contributed by atoms with Crippen LogP contribution in [0.15, 0.2) is 47.4 Å². The number of H-pyrrole nitrogens is 1. The molecule has 1 heterocycles. The number of aromatic nitrogens is 1. The van der Waals surface area contributed by atoms with Gasteiger partial charge >= 0.3 is 0 Å². The summed E-state index contributed by atoms with van der Waals surface area (Å²) in [5, 5.41) is 2.68. The van der Waals surface area contributed by atoms with Crippen LogP contribution in [-0.4, -0.2) is 10.9 Å². The first-order valence-electron chi connectivity index (χ1n) is 5.47. The van der Waals surface area contributed by atoms with Gasteiger partial charge in [-0.05, 0) is 29.8 Å². The van der Waals surface area contributed by atoms with Gasteiger partial charge in [0.15, 0.2) is 0 Å². The molecule has 1 aromatic heterocycles. The number of nitrogen functional groups attached to an aromatic ring is 1. The molecule has 5 nitrogen and oxygen atoms in total. The average molecular weight is 243 g/mol. The van der Waals surface area contributed by atoms with Crippen molar-refractivity contribution in [1.82, 2.24) is 10.3 Å². The topological polar surface area (TPSA) is 88.0 Å². The van der Waals surface area contributed by atoms with E-state index in [9.17, 15) is 9.59 Å². The van der Waals surface area contributed by atoms with E-state index in [0.29, 0.717) is 12.2 Å². The van der Waals surface area contributed by atoms with E-state index in [0.717, 1.165) is 5.56 Å². The van der Waals surface area contributed by atoms with Crippen LogP contribution in [0.1, 0.15) is 15.9 Å². The number of anilines is 1. The fraction of sp³-hybridized carbons (Fsp3) is 0.0769. The predicted molar refractivity (Wildman–Crippen MR) is 69.1 cm³/mol. The second kappa shape index (κ2) is 5.18. The second-order valence-electron chi connectivity index (χ2n) is 3.84. The van der Waals surface area contributed by atoms with Crippen molar-refractivity contribution in [2.24, 2.45) is 0 Å². The van der Waals surface area contributed by atoms with Gasteiger partial charge < -0.3 is 16.0 Å². The molecule has 0 atom stereocenters. The van der Waals surface area contributed by atoms with Gasteiger partial charge in [-0.1, -0.05) is 12.1 Å². The van der Waals surface area contributed by atoms with E-state index in [1.165, 1.54) is 12.3 Å². The van der Waals surface area contributed by atoms with Gasteiger partial charge in [0.05, 0.1) is 0 Å². The third-order valence-electron chi connectivity index (χ3n) is 2.50. The van der Waals surface area contributed by atoms with Crippen molar-refractivity contribution in [2.45, 2.75) is 6.54 Å². The number of carbonyl (C=O) groups is 1. The van der Waals surface area contributed by atoms with Crippen LogP contribution in [0.4, 0.5) is 5.69 Å². The van der Waals surface area contributed by atoms with Gasteiger partial charge in [0, 0.05) is 18.4 Å². The third-order valence-corrected chi connectivity index (χ3v) is 2.50. The van der Waals surface area contributed by atoms with Gasteiger partial charge in [-0.3, -0.25) is 9.59 Å². The molecule has 4 N–H and O–H groups in total. The molecule has 0 spiro atoms. The predicted octanol–water partition coefficient (Wildman–Crippen LogP) is 0.887. The van der Waals surface area contributed by atoms with Crippen molar-refractivity contribution >= 4 is 11.6 Å². The maximum atomic E-state index is 11.7. The highest BCUT2D eigenvalue weighted by Crippen LogP contribution is 2.05. The van der Waals surface area contributed by atoms with Crippen molar-refractivity contribution in [2.75, 3.05) is 5.73 Å². The Morgan fingerprint density at radius 3 is 2.61 bits per heavy atom. The minimum absolute atomic E-state index is 0.105. The second-order valence-corrected chi connectivity index (χ2v) is 3.84. The smallest absolute Gasteiger partial charge is 0.260 e. The zero-order chi connectivity index (χ0) is 13.0. The molecular formula is C13H13N3O2. The summed E-state index contributed by atoms with van der Waals surface area (Å²) in [6, 6.07) is 10.3. The summed E-state index contributed by atoms with van der Waals surface area (Å²) >= 11 is 0. The average Bonchev–Trinajstić information content (AvgIpc) is 2.38. The largest absolute Gasteiger partial charge is 0.399 e. The lowest BCUT2D eigenvalue weighted by molar-refractivity contribution is 0.0949. The number of nitrogens with one attached hydrogen (secondary N) is 2. The maximum Gasteiger partial charge on any atom is 0.260 e. The van der Waals surface area contributed by atoms with Crippen molar-refractivity contribution in [1.29, 1.82) is 0 Å². The van der Waals surface area contributed by atoms with E-state index in [2.05, 4.69) is 10.3 Å². The number of rotatable bonds is 3. The number of nitrogens with two attached hydrogens (primary N) is 1. The highest BCUT2D eigenvalue weighted by atomic mass is 16.2. The molecular weight excluding hydrogens is 230 g/mol. The molecule has 0 saturated carbocycles. The fourth-order valence-corrected chi connectivity index (χ4v) is 1.51. The zero-order valence-electron chi connectivity index (χ0n) is 9.64. The third kappa shape index (κ3) is 2.76. The number of carbonyl (C=O) groups excluding carboxylic acids is 1. The first-order chi connectivity index (χ1) is 8.66. The Bertz CT molecular complexity index is 602. The normalized spacial score (nSPS) is 10.0. The Morgan fingerprint density at radius 1 is 1.22 bits per heavy atom. The number of amides is 1. The quantitative estimate of drug-likeness (QED) is 0.699. The summed E-state index contributed by atoms with van der Waals surface area (Å²) in [7, 11) is 0. The molecule has 0 unspecified atom stereocenters. The van der Waals surface area contributed by atoms with Crippen LogP contribution in [0.3, 0.4) is 0 Å². The maximum absolute atomic E-state index is 11.7. The Kier molecular flexibility index (Phi) is 3.43. The Balaban J connectivity index is 2.03. The van der Waals surface area contributed by atoms with E-state index in [1.54, 1.807) is 18.2 Å². The Hall–Kier alpha value is -2.56. The molecule has 0 aliphatic rings. The summed E-state index contributed by atoms with van der Waals surface area (Å²) in [6.07, 6.45) is 1.49. The minimum Gasteiger partial charge on any atom is -0.399 e. The monoisotopic (exact) mass is 243 g/mol. The molecule has 0 aliphatic heterocycles. The van der Waals surface area contributed by atoms with Gasteiger partial charge in [0.25, 0.3) is 11.5 Å². The first kappa shape index (κ1) is 11.9. The molecule has 2 rings (SSSR count). The summed E-state index contributed by atoms with van der Waals surface area (Å²) in [5.74, 6) is -0.395. The summed E-state index contributed by atoms with van der Waals surface area (Å²) in [5.41, 5.74) is 6.86. The lowest BCUT2D eigenvalue weighted by Gasteiger charge is -2.05. The van der Waals surface area contributed by atoms with Crippen LogP contribution in [0, 0.1) is 0 Å². The number of benzene rings is 1.